The Morgan fingerprint density at radius 2 is 1.93 bits per heavy atom. The van der Waals surface area contributed by atoms with E-state index >= 15 is 0 Å². The van der Waals surface area contributed by atoms with Crippen molar-refractivity contribution in [2.45, 2.75) is 6.92 Å². The Bertz CT molecular complexity index is 924. The molecule has 6 nitrogen and oxygen atoms in total. The summed E-state index contributed by atoms with van der Waals surface area (Å²) in [5.74, 6) is -1.06. The van der Waals surface area contributed by atoms with Gasteiger partial charge in [0.05, 0.1) is 32.4 Å². The second kappa shape index (κ2) is 9.36. The Kier molecular flexibility index (Phi) is 7.43. The molecule has 3 N–H and O–H groups in total. The molecule has 0 radical (unpaired) electrons. The van der Waals surface area contributed by atoms with Gasteiger partial charge in [-0.25, -0.2) is 4.79 Å². The maximum atomic E-state index is 12.3. The van der Waals surface area contributed by atoms with E-state index in [9.17, 15) is 9.59 Å². The summed E-state index contributed by atoms with van der Waals surface area (Å²) in [4.78, 5) is 23.5. The van der Waals surface area contributed by atoms with Gasteiger partial charge in [-0.1, -0.05) is 23.2 Å². The molecule has 0 aliphatic heterocycles. The van der Waals surface area contributed by atoms with Gasteiger partial charge in [-0.2, -0.15) is 0 Å². The van der Waals surface area contributed by atoms with Gasteiger partial charge in [0.1, 0.15) is 5.75 Å². The molecular formula is C17H13BrCl2N2O4S. The van der Waals surface area contributed by atoms with Crippen molar-refractivity contribution in [1.82, 2.24) is 5.32 Å². The molecule has 10 heteroatoms. The highest BCUT2D eigenvalue weighted by atomic mass is 79.9. The van der Waals surface area contributed by atoms with E-state index in [-0.39, 0.29) is 26.4 Å². The number of aromatic carboxylic acids is 1. The number of thiocarbonyl (C=S) groups is 1. The fraction of sp³-hybridized carbons (Fsp3) is 0.118. The minimum absolute atomic E-state index is 0.00718. The molecule has 0 bridgehead atoms. The second-order valence-corrected chi connectivity index (χ2v) is 7.18. The van der Waals surface area contributed by atoms with Crippen LogP contribution in [0.4, 0.5) is 5.69 Å². The van der Waals surface area contributed by atoms with E-state index in [0.717, 1.165) is 0 Å². The quantitative estimate of drug-likeness (QED) is 0.511. The largest absolute Gasteiger partial charge is 0.493 e. The Hall–Kier alpha value is -1.87. The van der Waals surface area contributed by atoms with E-state index in [1.807, 2.05) is 6.92 Å². The highest BCUT2D eigenvalue weighted by molar-refractivity contribution is 9.10. The molecule has 2 aromatic rings. The van der Waals surface area contributed by atoms with Crippen molar-refractivity contribution in [1.29, 1.82) is 0 Å². The Balaban J connectivity index is 2.12. The van der Waals surface area contributed by atoms with Gasteiger partial charge in [-0.05, 0) is 65.4 Å². The van der Waals surface area contributed by atoms with Gasteiger partial charge in [0, 0.05) is 5.56 Å². The number of hydrogen-bond acceptors (Lipinski definition) is 4. The Morgan fingerprint density at radius 3 is 2.52 bits per heavy atom. The lowest BCUT2D eigenvalue weighted by molar-refractivity contribution is 0.0697. The molecule has 0 atom stereocenters. The Labute approximate surface area is 178 Å². The van der Waals surface area contributed by atoms with Crippen LogP contribution in [-0.4, -0.2) is 28.7 Å². The Morgan fingerprint density at radius 1 is 1.22 bits per heavy atom. The van der Waals surface area contributed by atoms with Crippen molar-refractivity contribution in [2.75, 3.05) is 11.9 Å². The number of nitrogens with one attached hydrogen (secondary N) is 2. The van der Waals surface area contributed by atoms with Crippen molar-refractivity contribution >= 4 is 74.0 Å². The number of hydrogen-bond donors (Lipinski definition) is 3. The summed E-state index contributed by atoms with van der Waals surface area (Å²) in [5, 5.41) is 14.4. The van der Waals surface area contributed by atoms with E-state index in [0.29, 0.717) is 22.4 Å². The fourth-order valence-electron chi connectivity index (χ4n) is 2.05. The molecule has 2 aromatic carbocycles. The zero-order valence-electron chi connectivity index (χ0n) is 13.8. The highest BCUT2D eigenvalue weighted by Crippen LogP contribution is 2.29. The van der Waals surface area contributed by atoms with Crippen LogP contribution in [0.3, 0.4) is 0 Å². The van der Waals surface area contributed by atoms with E-state index in [1.54, 1.807) is 18.2 Å². The summed E-state index contributed by atoms with van der Waals surface area (Å²) in [6, 6.07) is 7.36. The number of halogens is 3. The number of carbonyl (C=O) groups excluding carboxylic acids is 1. The standard InChI is InChI=1S/C17H13BrCl2N2O4S/c1-2-26-14-4-3-8(5-10(14)18)15(23)22-17(27)21-13-6-9(16(24)25)11(19)7-12(13)20/h3-7H,2H2,1H3,(H,24,25)(H2,21,22,23,27). The number of anilines is 1. The van der Waals surface area contributed by atoms with Gasteiger partial charge < -0.3 is 15.2 Å². The van der Waals surface area contributed by atoms with Crippen molar-refractivity contribution in [3.05, 3.63) is 56.0 Å². The lowest BCUT2D eigenvalue weighted by Crippen LogP contribution is -2.34. The van der Waals surface area contributed by atoms with Crippen LogP contribution < -0.4 is 15.4 Å². The number of rotatable bonds is 5. The summed E-state index contributed by atoms with van der Waals surface area (Å²) >= 11 is 20.3. The normalized spacial score (nSPS) is 10.2. The molecule has 2 rings (SSSR count). The lowest BCUT2D eigenvalue weighted by Gasteiger charge is -2.13. The maximum absolute atomic E-state index is 12.3. The fourth-order valence-corrected chi connectivity index (χ4v) is 3.26. The van der Waals surface area contributed by atoms with Crippen molar-refractivity contribution in [3.8, 4) is 5.75 Å². The molecular weight excluding hydrogens is 479 g/mol. The SMILES string of the molecule is CCOc1ccc(C(=O)NC(=S)Nc2cc(C(=O)O)c(Cl)cc2Cl)cc1Br. The summed E-state index contributed by atoms with van der Waals surface area (Å²) in [7, 11) is 0. The number of carbonyl (C=O) groups is 2. The first-order valence-corrected chi connectivity index (χ1v) is 9.45. The van der Waals surface area contributed by atoms with Gasteiger partial charge in [0.15, 0.2) is 5.11 Å². The maximum Gasteiger partial charge on any atom is 0.337 e. The molecule has 142 valence electrons. The van der Waals surface area contributed by atoms with Gasteiger partial charge in [0.25, 0.3) is 5.91 Å². The van der Waals surface area contributed by atoms with Gasteiger partial charge in [-0.15, -0.1) is 0 Å². The third kappa shape index (κ3) is 5.55. The van der Waals surface area contributed by atoms with Crippen molar-refractivity contribution < 1.29 is 19.4 Å². The third-order valence-electron chi connectivity index (χ3n) is 3.26. The molecule has 0 saturated carbocycles. The average Bonchev–Trinajstić information content (AvgIpc) is 2.58. The number of carboxylic acids is 1. The highest BCUT2D eigenvalue weighted by Gasteiger charge is 2.15. The van der Waals surface area contributed by atoms with E-state index in [1.165, 1.54) is 12.1 Å². The van der Waals surface area contributed by atoms with Crippen LogP contribution in [-0.2, 0) is 0 Å². The van der Waals surface area contributed by atoms with Crippen molar-refractivity contribution in [3.63, 3.8) is 0 Å². The molecule has 0 aliphatic rings. The summed E-state index contributed by atoms with van der Waals surface area (Å²) in [5.41, 5.74) is 0.410. The van der Waals surface area contributed by atoms with Crippen LogP contribution in [0.25, 0.3) is 0 Å². The number of ether oxygens (including phenoxy) is 1. The molecule has 0 saturated heterocycles. The first-order chi connectivity index (χ1) is 12.7. The zero-order valence-corrected chi connectivity index (χ0v) is 17.7. The lowest BCUT2D eigenvalue weighted by atomic mass is 10.2. The van der Waals surface area contributed by atoms with Crippen LogP contribution in [0.5, 0.6) is 5.75 Å². The molecule has 0 aromatic heterocycles. The van der Waals surface area contributed by atoms with Gasteiger partial charge in [0.2, 0.25) is 0 Å². The average molecular weight is 492 g/mol. The minimum atomic E-state index is -1.21. The van der Waals surface area contributed by atoms with Gasteiger partial charge in [-0.3, -0.25) is 10.1 Å². The molecule has 0 unspecified atom stereocenters. The zero-order chi connectivity index (χ0) is 20.1. The summed E-state index contributed by atoms with van der Waals surface area (Å²) in [6.07, 6.45) is 0. The van der Waals surface area contributed by atoms with Crippen LogP contribution in [0.15, 0.2) is 34.8 Å². The molecule has 0 fully saturated rings. The van der Waals surface area contributed by atoms with Crippen molar-refractivity contribution in [2.24, 2.45) is 0 Å². The number of carboxylic acid groups (broad SMARTS) is 1. The van der Waals surface area contributed by atoms with E-state index in [2.05, 4.69) is 26.6 Å². The monoisotopic (exact) mass is 490 g/mol. The first kappa shape index (κ1) is 21.4. The number of benzene rings is 2. The summed E-state index contributed by atoms with van der Waals surface area (Å²) < 4.78 is 6.02. The van der Waals surface area contributed by atoms with E-state index in [4.69, 9.17) is 45.3 Å². The predicted octanol–water partition coefficient (Wildman–Crippen LogP) is 4.98. The van der Waals surface area contributed by atoms with Gasteiger partial charge >= 0.3 is 5.97 Å². The minimum Gasteiger partial charge on any atom is -0.493 e. The molecule has 0 spiro atoms. The molecule has 1 amide bonds. The van der Waals surface area contributed by atoms with E-state index < -0.39 is 11.9 Å². The predicted molar refractivity (Wildman–Crippen MR) is 112 cm³/mol. The molecule has 0 heterocycles. The smallest absolute Gasteiger partial charge is 0.337 e. The first-order valence-electron chi connectivity index (χ1n) is 7.50. The second-order valence-electron chi connectivity index (χ2n) is 5.10. The molecule has 0 aliphatic carbocycles. The topological polar surface area (TPSA) is 87.7 Å². The third-order valence-corrected chi connectivity index (χ3v) is 4.71. The number of amides is 1. The van der Waals surface area contributed by atoms with Crippen LogP contribution >= 0.6 is 51.3 Å². The van der Waals surface area contributed by atoms with Crippen LogP contribution in [0, 0.1) is 0 Å². The van der Waals surface area contributed by atoms with Crippen LogP contribution in [0.1, 0.15) is 27.6 Å². The van der Waals surface area contributed by atoms with Crippen LogP contribution in [0.2, 0.25) is 10.0 Å². The summed E-state index contributed by atoms with van der Waals surface area (Å²) in [6.45, 7) is 2.35. The molecule has 27 heavy (non-hydrogen) atoms.